The number of para-hydroxylation sites is 1. The molecular formula is C20H19FN2O. The lowest BCUT2D eigenvalue weighted by molar-refractivity contribution is -0.131. The normalized spacial score (nSPS) is 17.5. The molecule has 24 heavy (non-hydrogen) atoms. The van der Waals surface area contributed by atoms with Gasteiger partial charge in [0.25, 0.3) is 0 Å². The molecular weight excluding hydrogens is 303 g/mol. The molecule has 1 saturated heterocycles. The number of hydrogen-bond acceptors (Lipinski definition) is 1. The number of carbonyl (C=O) groups excluding carboxylic acids is 1. The van der Waals surface area contributed by atoms with Gasteiger partial charge in [0.1, 0.15) is 5.82 Å². The van der Waals surface area contributed by atoms with Crippen LogP contribution >= 0.6 is 0 Å². The topological polar surface area (TPSA) is 36.1 Å². The average Bonchev–Trinajstić information content (AvgIpc) is 3.23. The third-order valence-corrected chi connectivity index (χ3v) is 4.84. The Bertz CT molecular complexity index is 869. The van der Waals surface area contributed by atoms with Crippen molar-refractivity contribution in [2.75, 3.05) is 6.54 Å². The molecule has 0 radical (unpaired) electrons. The highest BCUT2D eigenvalue weighted by Gasteiger charge is 2.30. The van der Waals surface area contributed by atoms with Crippen LogP contribution in [-0.2, 0) is 11.2 Å². The lowest BCUT2D eigenvalue weighted by Crippen LogP contribution is -2.31. The highest BCUT2D eigenvalue weighted by Crippen LogP contribution is 2.33. The second kappa shape index (κ2) is 6.11. The molecule has 0 bridgehead atoms. The summed E-state index contributed by atoms with van der Waals surface area (Å²) in [6.45, 7) is 0.767. The minimum absolute atomic E-state index is 0.0586. The van der Waals surface area contributed by atoms with E-state index in [4.69, 9.17) is 0 Å². The first-order valence-electron chi connectivity index (χ1n) is 8.32. The number of aromatic amines is 1. The lowest BCUT2D eigenvalue weighted by Gasteiger charge is -2.25. The number of aromatic nitrogens is 1. The van der Waals surface area contributed by atoms with Crippen molar-refractivity contribution in [3.05, 3.63) is 71.7 Å². The molecule has 0 spiro atoms. The van der Waals surface area contributed by atoms with Gasteiger partial charge in [-0.2, -0.15) is 0 Å². The van der Waals surface area contributed by atoms with Crippen LogP contribution in [0.2, 0.25) is 0 Å². The number of halogens is 1. The predicted molar refractivity (Wildman–Crippen MR) is 92.1 cm³/mol. The largest absolute Gasteiger partial charge is 0.361 e. The van der Waals surface area contributed by atoms with E-state index in [1.54, 1.807) is 12.1 Å². The van der Waals surface area contributed by atoms with Gasteiger partial charge in [-0.15, -0.1) is 0 Å². The van der Waals surface area contributed by atoms with Crippen molar-refractivity contribution in [1.29, 1.82) is 0 Å². The van der Waals surface area contributed by atoms with Crippen molar-refractivity contribution in [2.45, 2.75) is 25.3 Å². The third kappa shape index (κ3) is 2.68. The van der Waals surface area contributed by atoms with E-state index in [1.165, 1.54) is 12.1 Å². The zero-order chi connectivity index (χ0) is 16.5. The van der Waals surface area contributed by atoms with Crippen LogP contribution in [0.5, 0.6) is 0 Å². The van der Waals surface area contributed by atoms with Crippen LogP contribution in [-0.4, -0.2) is 22.3 Å². The fraction of sp³-hybridized carbons (Fsp3) is 0.250. The molecule has 1 aliphatic heterocycles. The van der Waals surface area contributed by atoms with E-state index in [2.05, 4.69) is 4.98 Å². The minimum atomic E-state index is -0.242. The molecule has 2 heterocycles. The van der Waals surface area contributed by atoms with E-state index in [0.717, 1.165) is 41.4 Å². The Labute approximate surface area is 140 Å². The Hall–Kier alpha value is -2.62. The van der Waals surface area contributed by atoms with Crippen LogP contribution in [0.4, 0.5) is 4.39 Å². The van der Waals surface area contributed by atoms with Crippen LogP contribution in [0.25, 0.3) is 10.9 Å². The molecule has 3 nitrogen and oxygen atoms in total. The number of hydrogen-bond donors (Lipinski definition) is 1. The second-order valence-corrected chi connectivity index (χ2v) is 6.33. The predicted octanol–water partition coefficient (Wildman–Crippen LogP) is 4.21. The Balaban J connectivity index is 1.56. The zero-order valence-electron chi connectivity index (χ0n) is 13.3. The summed E-state index contributed by atoms with van der Waals surface area (Å²) >= 11 is 0. The van der Waals surface area contributed by atoms with E-state index in [1.807, 2.05) is 35.4 Å². The molecule has 122 valence electrons. The highest BCUT2D eigenvalue weighted by molar-refractivity contribution is 5.89. The molecule has 1 atom stereocenters. The summed E-state index contributed by atoms with van der Waals surface area (Å²) in [4.78, 5) is 18.0. The maximum Gasteiger partial charge on any atom is 0.227 e. The van der Waals surface area contributed by atoms with Crippen molar-refractivity contribution in [3.8, 4) is 0 Å². The van der Waals surface area contributed by atoms with Crippen LogP contribution in [0.1, 0.15) is 30.0 Å². The van der Waals surface area contributed by atoms with Gasteiger partial charge in [-0.3, -0.25) is 4.79 Å². The molecule has 0 aliphatic carbocycles. The smallest absolute Gasteiger partial charge is 0.227 e. The Kier molecular flexibility index (Phi) is 3.81. The first-order chi connectivity index (χ1) is 11.7. The molecule has 1 N–H and O–H groups in total. The molecule has 2 aromatic carbocycles. The molecule has 1 amide bonds. The number of benzene rings is 2. The SMILES string of the molecule is O=C(Cc1c[nH]c2ccccc12)N1CCC[C@H]1c1ccc(F)cc1. The fourth-order valence-corrected chi connectivity index (χ4v) is 3.64. The molecule has 0 unspecified atom stereocenters. The highest BCUT2D eigenvalue weighted by atomic mass is 19.1. The second-order valence-electron chi connectivity index (χ2n) is 6.33. The number of H-pyrrole nitrogens is 1. The molecule has 0 saturated carbocycles. The summed E-state index contributed by atoms with van der Waals surface area (Å²) in [5.41, 5.74) is 3.10. The van der Waals surface area contributed by atoms with Crippen LogP contribution < -0.4 is 0 Å². The molecule has 1 aromatic heterocycles. The molecule has 3 aromatic rings. The van der Waals surface area contributed by atoms with Crippen LogP contribution in [0.15, 0.2) is 54.7 Å². The molecule has 1 fully saturated rings. The third-order valence-electron chi connectivity index (χ3n) is 4.84. The molecule has 4 rings (SSSR count). The van der Waals surface area contributed by atoms with Crippen molar-refractivity contribution in [2.24, 2.45) is 0 Å². The monoisotopic (exact) mass is 322 g/mol. The first-order valence-corrected chi connectivity index (χ1v) is 8.32. The van der Waals surface area contributed by atoms with Gasteiger partial charge in [0.2, 0.25) is 5.91 Å². The quantitative estimate of drug-likeness (QED) is 0.770. The van der Waals surface area contributed by atoms with E-state index in [0.29, 0.717) is 6.42 Å². The number of likely N-dealkylation sites (tertiary alicyclic amines) is 1. The summed E-state index contributed by atoms with van der Waals surface area (Å²) in [5.74, 6) is -0.111. The number of fused-ring (bicyclic) bond motifs is 1. The Morgan fingerprint density at radius 2 is 1.96 bits per heavy atom. The zero-order valence-corrected chi connectivity index (χ0v) is 13.3. The number of carbonyl (C=O) groups is 1. The van der Waals surface area contributed by atoms with Gasteiger partial charge < -0.3 is 9.88 Å². The summed E-state index contributed by atoms with van der Waals surface area (Å²) in [6.07, 6.45) is 4.24. The van der Waals surface area contributed by atoms with Gasteiger partial charge in [0.05, 0.1) is 12.5 Å². The van der Waals surface area contributed by atoms with E-state index in [-0.39, 0.29) is 17.8 Å². The minimum Gasteiger partial charge on any atom is -0.361 e. The first kappa shape index (κ1) is 14.9. The fourth-order valence-electron chi connectivity index (χ4n) is 3.64. The lowest BCUT2D eigenvalue weighted by atomic mass is 10.0. The summed E-state index contributed by atoms with van der Waals surface area (Å²) in [5, 5.41) is 1.10. The van der Waals surface area contributed by atoms with E-state index >= 15 is 0 Å². The summed E-state index contributed by atoms with van der Waals surface area (Å²) < 4.78 is 13.1. The van der Waals surface area contributed by atoms with Gasteiger partial charge in [0, 0.05) is 23.6 Å². The standard InChI is InChI=1S/C20H19FN2O/c21-16-9-7-14(8-10-16)19-6-3-11-23(19)20(24)12-15-13-22-18-5-2-1-4-17(15)18/h1-2,4-5,7-10,13,19,22H,3,6,11-12H2/t19-/m0/s1. The van der Waals surface area contributed by atoms with Gasteiger partial charge in [-0.05, 0) is 42.2 Å². The van der Waals surface area contributed by atoms with Crippen molar-refractivity contribution in [1.82, 2.24) is 9.88 Å². The maximum atomic E-state index is 13.1. The van der Waals surface area contributed by atoms with E-state index < -0.39 is 0 Å². The van der Waals surface area contributed by atoms with Crippen LogP contribution in [0, 0.1) is 5.82 Å². The van der Waals surface area contributed by atoms with Crippen molar-refractivity contribution >= 4 is 16.8 Å². The maximum absolute atomic E-state index is 13.1. The van der Waals surface area contributed by atoms with Gasteiger partial charge in [-0.25, -0.2) is 4.39 Å². The van der Waals surface area contributed by atoms with Gasteiger partial charge in [0.15, 0.2) is 0 Å². The van der Waals surface area contributed by atoms with Gasteiger partial charge >= 0.3 is 0 Å². The number of amides is 1. The number of nitrogens with one attached hydrogen (secondary N) is 1. The Morgan fingerprint density at radius 3 is 2.79 bits per heavy atom. The van der Waals surface area contributed by atoms with Crippen molar-refractivity contribution < 1.29 is 9.18 Å². The van der Waals surface area contributed by atoms with E-state index in [9.17, 15) is 9.18 Å². The summed E-state index contributed by atoms with van der Waals surface area (Å²) in [7, 11) is 0. The molecule has 4 heteroatoms. The van der Waals surface area contributed by atoms with Crippen molar-refractivity contribution in [3.63, 3.8) is 0 Å². The summed E-state index contributed by atoms with van der Waals surface area (Å²) in [6, 6.07) is 14.6. The average molecular weight is 322 g/mol. The number of rotatable bonds is 3. The number of nitrogens with zero attached hydrogens (tertiary/aromatic N) is 1. The van der Waals surface area contributed by atoms with Crippen LogP contribution in [0.3, 0.4) is 0 Å². The van der Waals surface area contributed by atoms with Gasteiger partial charge in [-0.1, -0.05) is 30.3 Å². The Morgan fingerprint density at radius 1 is 1.17 bits per heavy atom. The molecule has 1 aliphatic rings.